The third kappa shape index (κ3) is 1.18. The number of carbonyl (C=O) groups excluding carboxylic acids is 2. The van der Waals surface area contributed by atoms with Crippen LogP contribution in [0.15, 0.2) is 12.7 Å². The number of hydrogen-bond donors (Lipinski definition) is 0. The van der Waals surface area contributed by atoms with E-state index in [0.29, 0.717) is 6.29 Å². The first-order valence-electron chi connectivity index (χ1n) is 3.49. The van der Waals surface area contributed by atoms with E-state index in [1.807, 2.05) is 0 Å². The van der Waals surface area contributed by atoms with Crippen molar-refractivity contribution in [3.05, 3.63) is 12.7 Å². The van der Waals surface area contributed by atoms with Crippen molar-refractivity contribution in [2.24, 2.45) is 11.8 Å². The van der Waals surface area contributed by atoms with Crippen LogP contribution in [0.25, 0.3) is 0 Å². The van der Waals surface area contributed by atoms with Gasteiger partial charge in [-0.1, -0.05) is 13.0 Å². The van der Waals surface area contributed by atoms with Crippen molar-refractivity contribution in [1.82, 2.24) is 0 Å². The smallest absolute Gasteiger partial charge is 0.310 e. The van der Waals surface area contributed by atoms with Crippen LogP contribution in [0.2, 0.25) is 0 Å². The Morgan fingerprint density at radius 3 is 2.64 bits per heavy atom. The van der Waals surface area contributed by atoms with Crippen molar-refractivity contribution >= 4 is 12.3 Å². The maximum Gasteiger partial charge on any atom is 0.310 e. The Morgan fingerprint density at radius 1 is 1.64 bits per heavy atom. The first-order chi connectivity index (χ1) is 5.20. The largest absolute Gasteiger partial charge is 0.454 e. The lowest BCUT2D eigenvalue weighted by Gasteiger charge is -2.07. The Labute approximate surface area is 65.0 Å². The molecule has 60 valence electrons. The predicted octanol–water partition coefficient (Wildman–Crippen LogP) is 0.549. The van der Waals surface area contributed by atoms with Crippen molar-refractivity contribution < 1.29 is 14.3 Å². The molecule has 3 atom stereocenters. The number of aldehydes is 1. The Morgan fingerprint density at radius 2 is 2.27 bits per heavy atom. The summed E-state index contributed by atoms with van der Waals surface area (Å²) in [6.07, 6.45) is 1.62. The minimum atomic E-state index is -0.616. The molecule has 0 spiro atoms. The lowest BCUT2D eigenvalue weighted by Crippen LogP contribution is -2.17. The van der Waals surface area contributed by atoms with Gasteiger partial charge in [-0.2, -0.15) is 0 Å². The van der Waals surface area contributed by atoms with Gasteiger partial charge in [0.1, 0.15) is 0 Å². The summed E-state index contributed by atoms with van der Waals surface area (Å²) < 4.78 is 4.75. The molecule has 1 aliphatic rings. The first-order valence-corrected chi connectivity index (χ1v) is 3.49. The van der Waals surface area contributed by atoms with Gasteiger partial charge in [0.15, 0.2) is 12.4 Å². The summed E-state index contributed by atoms with van der Waals surface area (Å²) in [5, 5.41) is 0. The van der Waals surface area contributed by atoms with Gasteiger partial charge >= 0.3 is 5.97 Å². The standard InChI is InChI=1S/C8H10O3/c1-3-6-5(2)8(10)11-7(6)4-9/h3-7H,1H2,2H3. The number of ether oxygens (including phenoxy) is 1. The normalized spacial score (nSPS) is 36.5. The van der Waals surface area contributed by atoms with Crippen molar-refractivity contribution in [3.8, 4) is 0 Å². The molecular formula is C8H10O3. The molecule has 0 aliphatic carbocycles. The third-order valence-corrected chi connectivity index (χ3v) is 1.99. The Kier molecular flexibility index (Phi) is 2.08. The van der Waals surface area contributed by atoms with Gasteiger partial charge in [-0.15, -0.1) is 6.58 Å². The van der Waals surface area contributed by atoms with Gasteiger partial charge in [-0.25, -0.2) is 0 Å². The average molecular weight is 154 g/mol. The number of esters is 1. The van der Waals surface area contributed by atoms with Crippen LogP contribution < -0.4 is 0 Å². The molecule has 3 heteroatoms. The maximum atomic E-state index is 10.9. The molecule has 1 saturated heterocycles. The molecule has 1 aliphatic heterocycles. The van der Waals surface area contributed by atoms with Crippen LogP contribution in [-0.2, 0) is 14.3 Å². The van der Waals surface area contributed by atoms with Crippen LogP contribution >= 0.6 is 0 Å². The highest BCUT2D eigenvalue weighted by Gasteiger charge is 2.39. The molecule has 0 aromatic carbocycles. The Bertz CT molecular complexity index is 198. The highest BCUT2D eigenvalue weighted by atomic mass is 16.6. The Hall–Kier alpha value is -1.12. The predicted molar refractivity (Wildman–Crippen MR) is 38.8 cm³/mol. The molecule has 11 heavy (non-hydrogen) atoms. The fourth-order valence-electron chi connectivity index (χ4n) is 1.22. The monoisotopic (exact) mass is 154 g/mol. The van der Waals surface area contributed by atoms with Crippen molar-refractivity contribution in [3.63, 3.8) is 0 Å². The van der Waals surface area contributed by atoms with Crippen LogP contribution in [0.3, 0.4) is 0 Å². The van der Waals surface area contributed by atoms with Gasteiger partial charge in [0.2, 0.25) is 0 Å². The van der Waals surface area contributed by atoms with Crippen LogP contribution in [0.4, 0.5) is 0 Å². The summed E-state index contributed by atoms with van der Waals surface area (Å²) in [7, 11) is 0. The number of rotatable bonds is 2. The van der Waals surface area contributed by atoms with Crippen LogP contribution in [0.1, 0.15) is 6.92 Å². The molecule has 1 heterocycles. The molecule has 3 nitrogen and oxygen atoms in total. The van der Waals surface area contributed by atoms with E-state index < -0.39 is 6.10 Å². The second kappa shape index (κ2) is 2.86. The van der Waals surface area contributed by atoms with Gasteiger partial charge in [-0.3, -0.25) is 9.59 Å². The molecular weight excluding hydrogens is 144 g/mol. The summed E-state index contributed by atoms with van der Waals surface area (Å²) in [6.45, 7) is 5.27. The fourth-order valence-corrected chi connectivity index (χ4v) is 1.22. The molecule has 1 rings (SSSR count). The fraction of sp³-hybridized carbons (Fsp3) is 0.500. The summed E-state index contributed by atoms with van der Waals surface area (Å²) in [4.78, 5) is 21.2. The van der Waals surface area contributed by atoms with Gasteiger partial charge in [0.25, 0.3) is 0 Å². The summed E-state index contributed by atoms with van der Waals surface area (Å²) in [5.41, 5.74) is 0. The average Bonchev–Trinajstić information content (AvgIpc) is 2.28. The molecule has 0 amide bonds. The van der Waals surface area contributed by atoms with E-state index in [0.717, 1.165) is 0 Å². The molecule has 0 bridgehead atoms. The molecule has 1 fully saturated rings. The van der Waals surface area contributed by atoms with E-state index in [4.69, 9.17) is 4.74 Å². The molecule has 0 N–H and O–H groups in total. The third-order valence-electron chi connectivity index (χ3n) is 1.99. The molecule has 0 saturated carbocycles. The summed E-state index contributed by atoms with van der Waals surface area (Å²) >= 11 is 0. The van der Waals surface area contributed by atoms with Gasteiger partial charge in [0, 0.05) is 5.92 Å². The van der Waals surface area contributed by atoms with Crippen LogP contribution in [0.5, 0.6) is 0 Å². The van der Waals surface area contributed by atoms with E-state index in [1.165, 1.54) is 0 Å². The lowest BCUT2D eigenvalue weighted by molar-refractivity contribution is -0.146. The quantitative estimate of drug-likeness (QED) is 0.331. The second-order valence-corrected chi connectivity index (χ2v) is 2.64. The first kappa shape index (κ1) is 7.98. The van der Waals surface area contributed by atoms with E-state index in [9.17, 15) is 9.59 Å². The molecule has 3 unspecified atom stereocenters. The minimum Gasteiger partial charge on any atom is -0.454 e. The van der Waals surface area contributed by atoms with Crippen molar-refractivity contribution in [2.45, 2.75) is 13.0 Å². The van der Waals surface area contributed by atoms with Gasteiger partial charge < -0.3 is 4.74 Å². The minimum absolute atomic E-state index is 0.153. The highest BCUT2D eigenvalue weighted by molar-refractivity contribution is 5.79. The zero-order valence-corrected chi connectivity index (χ0v) is 6.32. The second-order valence-electron chi connectivity index (χ2n) is 2.64. The van der Waals surface area contributed by atoms with Crippen LogP contribution in [-0.4, -0.2) is 18.4 Å². The van der Waals surface area contributed by atoms with E-state index in [2.05, 4.69) is 6.58 Å². The number of hydrogen-bond acceptors (Lipinski definition) is 3. The zero-order valence-electron chi connectivity index (χ0n) is 6.32. The molecule has 0 aromatic heterocycles. The Balaban J connectivity index is 2.79. The van der Waals surface area contributed by atoms with Crippen LogP contribution in [0, 0.1) is 11.8 Å². The van der Waals surface area contributed by atoms with Crippen molar-refractivity contribution in [1.29, 1.82) is 0 Å². The van der Waals surface area contributed by atoms with Gasteiger partial charge in [-0.05, 0) is 0 Å². The topological polar surface area (TPSA) is 43.4 Å². The number of carbonyl (C=O) groups is 2. The SMILES string of the molecule is C=CC1C(C=O)OC(=O)C1C. The van der Waals surface area contributed by atoms with Gasteiger partial charge in [0.05, 0.1) is 5.92 Å². The maximum absolute atomic E-state index is 10.9. The van der Waals surface area contributed by atoms with Crippen molar-refractivity contribution in [2.75, 3.05) is 0 Å². The molecule has 0 radical (unpaired) electrons. The lowest BCUT2D eigenvalue weighted by atomic mass is 9.93. The number of cyclic esters (lactones) is 1. The van der Waals surface area contributed by atoms with E-state index >= 15 is 0 Å². The summed E-state index contributed by atoms with van der Waals surface area (Å²) in [5.74, 6) is -0.699. The highest BCUT2D eigenvalue weighted by Crippen LogP contribution is 2.27. The molecule has 0 aromatic rings. The van der Waals surface area contributed by atoms with E-state index in [-0.39, 0.29) is 17.8 Å². The summed E-state index contributed by atoms with van der Waals surface area (Å²) in [6, 6.07) is 0. The zero-order chi connectivity index (χ0) is 8.43. The van der Waals surface area contributed by atoms with E-state index in [1.54, 1.807) is 13.0 Å².